The fourth-order valence-electron chi connectivity index (χ4n) is 2.56. The SMILES string of the molecule is COC(C)C(C)(CN)N1CCCCCCC1. The largest absolute Gasteiger partial charge is 0.380 e. The van der Waals surface area contributed by atoms with Gasteiger partial charge in [-0.3, -0.25) is 4.90 Å². The van der Waals surface area contributed by atoms with Gasteiger partial charge in [0.1, 0.15) is 0 Å². The minimum absolute atomic E-state index is 0.00785. The van der Waals surface area contributed by atoms with Gasteiger partial charge in [-0.15, -0.1) is 0 Å². The second kappa shape index (κ2) is 6.58. The van der Waals surface area contributed by atoms with E-state index in [1.807, 2.05) is 0 Å². The van der Waals surface area contributed by atoms with Crippen molar-refractivity contribution in [1.29, 1.82) is 0 Å². The highest BCUT2D eigenvalue weighted by Crippen LogP contribution is 2.24. The maximum Gasteiger partial charge on any atom is 0.0736 e. The van der Waals surface area contributed by atoms with E-state index in [0.29, 0.717) is 6.54 Å². The smallest absolute Gasteiger partial charge is 0.0736 e. The van der Waals surface area contributed by atoms with E-state index in [2.05, 4.69) is 18.7 Å². The van der Waals surface area contributed by atoms with Crippen molar-refractivity contribution in [1.82, 2.24) is 4.90 Å². The van der Waals surface area contributed by atoms with Gasteiger partial charge in [0, 0.05) is 13.7 Å². The highest BCUT2D eigenvalue weighted by molar-refractivity contribution is 4.93. The fraction of sp³-hybridized carbons (Fsp3) is 1.00. The molecule has 0 amide bonds. The fourth-order valence-corrected chi connectivity index (χ4v) is 2.56. The van der Waals surface area contributed by atoms with Crippen LogP contribution in [0.4, 0.5) is 0 Å². The standard InChI is InChI=1S/C13H28N2O/c1-12(16-3)13(2,11-14)15-9-7-5-4-6-8-10-15/h12H,4-11,14H2,1-3H3. The number of rotatable bonds is 4. The molecule has 0 aromatic heterocycles. The van der Waals surface area contributed by atoms with Crippen molar-refractivity contribution in [3.63, 3.8) is 0 Å². The van der Waals surface area contributed by atoms with Gasteiger partial charge in [-0.1, -0.05) is 19.3 Å². The van der Waals surface area contributed by atoms with Crippen molar-refractivity contribution in [3.8, 4) is 0 Å². The first kappa shape index (κ1) is 13.9. The molecule has 0 spiro atoms. The molecule has 0 aromatic carbocycles. The van der Waals surface area contributed by atoms with E-state index in [0.717, 1.165) is 0 Å². The Labute approximate surface area is 100 Å². The van der Waals surface area contributed by atoms with Gasteiger partial charge in [-0.05, 0) is 39.8 Å². The Kier molecular flexibility index (Phi) is 5.73. The Morgan fingerprint density at radius 2 is 1.69 bits per heavy atom. The summed E-state index contributed by atoms with van der Waals surface area (Å²) in [5.41, 5.74) is 5.97. The highest BCUT2D eigenvalue weighted by Gasteiger charge is 2.36. The molecular weight excluding hydrogens is 200 g/mol. The molecule has 1 fully saturated rings. The number of nitrogens with zero attached hydrogens (tertiary/aromatic N) is 1. The zero-order valence-corrected chi connectivity index (χ0v) is 11.2. The van der Waals surface area contributed by atoms with Crippen LogP contribution in [0.15, 0.2) is 0 Å². The lowest BCUT2D eigenvalue weighted by molar-refractivity contribution is -0.0341. The maximum atomic E-state index is 5.98. The summed E-state index contributed by atoms with van der Waals surface area (Å²) in [6.07, 6.45) is 6.90. The van der Waals surface area contributed by atoms with Crippen LogP contribution in [0.2, 0.25) is 0 Å². The first-order chi connectivity index (χ1) is 7.65. The first-order valence-corrected chi connectivity index (χ1v) is 6.63. The van der Waals surface area contributed by atoms with Gasteiger partial charge in [0.2, 0.25) is 0 Å². The molecule has 16 heavy (non-hydrogen) atoms. The Morgan fingerprint density at radius 3 is 2.12 bits per heavy atom. The molecule has 0 radical (unpaired) electrons. The molecule has 3 nitrogen and oxygen atoms in total. The van der Waals surface area contributed by atoms with Crippen LogP contribution in [0.1, 0.15) is 46.0 Å². The summed E-state index contributed by atoms with van der Waals surface area (Å²) >= 11 is 0. The van der Waals surface area contributed by atoms with Crippen molar-refractivity contribution >= 4 is 0 Å². The van der Waals surface area contributed by atoms with E-state index in [1.165, 1.54) is 45.2 Å². The van der Waals surface area contributed by atoms with E-state index in [-0.39, 0.29) is 11.6 Å². The molecule has 3 heteroatoms. The summed E-state index contributed by atoms with van der Waals surface area (Å²) in [6.45, 7) is 7.37. The van der Waals surface area contributed by atoms with Crippen molar-refractivity contribution in [2.45, 2.75) is 57.6 Å². The van der Waals surface area contributed by atoms with Crippen molar-refractivity contribution < 1.29 is 4.74 Å². The summed E-state index contributed by atoms with van der Waals surface area (Å²) in [6, 6.07) is 0. The Balaban J connectivity index is 2.67. The molecule has 2 atom stereocenters. The van der Waals surface area contributed by atoms with E-state index in [1.54, 1.807) is 7.11 Å². The molecule has 0 aliphatic carbocycles. The highest BCUT2D eigenvalue weighted by atomic mass is 16.5. The molecule has 96 valence electrons. The first-order valence-electron chi connectivity index (χ1n) is 6.63. The second-order valence-electron chi connectivity index (χ2n) is 5.19. The average Bonchev–Trinajstić information content (AvgIpc) is 2.26. The number of hydrogen-bond donors (Lipinski definition) is 1. The van der Waals surface area contributed by atoms with Gasteiger partial charge in [0.05, 0.1) is 11.6 Å². The van der Waals surface area contributed by atoms with Gasteiger partial charge in [-0.2, -0.15) is 0 Å². The molecular formula is C13H28N2O. The summed E-state index contributed by atoms with van der Waals surface area (Å²) in [5.74, 6) is 0. The third kappa shape index (κ3) is 3.19. The lowest BCUT2D eigenvalue weighted by Gasteiger charge is -2.45. The lowest BCUT2D eigenvalue weighted by atomic mass is 9.91. The molecule has 2 unspecified atom stereocenters. The maximum absolute atomic E-state index is 5.98. The van der Waals surface area contributed by atoms with Crippen LogP contribution < -0.4 is 5.73 Å². The van der Waals surface area contributed by atoms with Gasteiger partial charge >= 0.3 is 0 Å². The molecule has 0 bridgehead atoms. The molecule has 1 heterocycles. The third-order valence-electron chi connectivity index (χ3n) is 4.22. The minimum Gasteiger partial charge on any atom is -0.380 e. The van der Waals surface area contributed by atoms with Crippen LogP contribution in [0, 0.1) is 0 Å². The van der Waals surface area contributed by atoms with Crippen molar-refractivity contribution in [2.24, 2.45) is 5.73 Å². The van der Waals surface area contributed by atoms with E-state index < -0.39 is 0 Å². The van der Waals surface area contributed by atoms with E-state index in [9.17, 15) is 0 Å². The quantitative estimate of drug-likeness (QED) is 0.800. The Bertz CT molecular complexity index is 190. The normalized spacial score (nSPS) is 25.5. The zero-order valence-electron chi connectivity index (χ0n) is 11.2. The molecule has 1 rings (SSSR count). The number of hydrogen-bond acceptors (Lipinski definition) is 3. The van der Waals surface area contributed by atoms with Crippen LogP contribution in [0.3, 0.4) is 0 Å². The predicted octanol–water partition coefficient (Wildman–Crippen LogP) is 2.00. The Hall–Kier alpha value is -0.120. The van der Waals surface area contributed by atoms with Crippen molar-refractivity contribution in [3.05, 3.63) is 0 Å². The second-order valence-corrected chi connectivity index (χ2v) is 5.19. The zero-order chi connectivity index (χ0) is 12.0. The van der Waals surface area contributed by atoms with Crippen LogP contribution in [-0.2, 0) is 4.74 Å². The van der Waals surface area contributed by atoms with Crippen molar-refractivity contribution in [2.75, 3.05) is 26.7 Å². The molecule has 0 aromatic rings. The summed E-state index contributed by atoms with van der Waals surface area (Å²) in [5, 5.41) is 0. The monoisotopic (exact) mass is 228 g/mol. The molecule has 0 saturated carbocycles. The van der Waals surface area contributed by atoms with Crippen LogP contribution in [0.5, 0.6) is 0 Å². The minimum atomic E-state index is -0.00785. The number of methoxy groups -OCH3 is 1. The number of ether oxygens (including phenoxy) is 1. The van der Waals surface area contributed by atoms with Gasteiger partial charge in [0.15, 0.2) is 0 Å². The predicted molar refractivity (Wildman–Crippen MR) is 68.6 cm³/mol. The lowest BCUT2D eigenvalue weighted by Crippen LogP contribution is -2.59. The molecule has 1 aliphatic rings. The summed E-state index contributed by atoms with van der Waals surface area (Å²) < 4.78 is 5.51. The summed E-state index contributed by atoms with van der Waals surface area (Å²) in [4.78, 5) is 2.54. The number of nitrogens with two attached hydrogens (primary N) is 1. The van der Waals surface area contributed by atoms with Crippen LogP contribution in [0.25, 0.3) is 0 Å². The number of likely N-dealkylation sites (tertiary alicyclic amines) is 1. The molecule has 2 N–H and O–H groups in total. The third-order valence-corrected chi connectivity index (χ3v) is 4.22. The molecule has 1 saturated heterocycles. The Morgan fingerprint density at radius 1 is 1.19 bits per heavy atom. The van der Waals surface area contributed by atoms with E-state index in [4.69, 9.17) is 10.5 Å². The van der Waals surface area contributed by atoms with E-state index >= 15 is 0 Å². The van der Waals surface area contributed by atoms with Crippen LogP contribution in [-0.4, -0.2) is 43.3 Å². The van der Waals surface area contributed by atoms with Gasteiger partial charge in [0.25, 0.3) is 0 Å². The van der Waals surface area contributed by atoms with Crippen LogP contribution >= 0.6 is 0 Å². The average molecular weight is 228 g/mol. The summed E-state index contributed by atoms with van der Waals surface area (Å²) in [7, 11) is 1.78. The van der Waals surface area contributed by atoms with Gasteiger partial charge < -0.3 is 10.5 Å². The van der Waals surface area contributed by atoms with Gasteiger partial charge in [-0.25, -0.2) is 0 Å². The topological polar surface area (TPSA) is 38.5 Å². The molecule has 1 aliphatic heterocycles.